The van der Waals surface area contributed by atoms with E-state index in [0.29, 0.717) is 11.4 Å². The van der Waals surface area contributed by atoms with Crippen LogP contribution < -0.4 is 0 Å². The molecular weight excluding hydrogens is 296 g/mol. The number of rotatable bonds is 4. The highest BCUT2D eigenvalue weighted by Crippen LogP contribution is 2.25. The second-order valence-corrected chi connectivity index (χ2v) is 4.56. The number of carbonyl (C=O) groups is 2. The predicted molar refractivity (Wildman–Crippen MR) is 76.6 cm³/mol. The molecule has 2 aromatic rings. The van der Waals surface area contributed by atoms with Crippen LogP contribution in [0.25, 0.3) is 11.8 Å². The van der Waals surface area contributed by atoms with Crippen molar-refractivity contribution in [2.45, 2.75) is 6.92 Å². The fraction of sp³-hybridized carbons (Fsp3) is 0.0714. The number of halogens is 1. The summed E-state index contributed by atoms with van der Waals surface area (Å²) in [6, 6.07) is 9.00. The molecule has 1 heterocycles. The van der Waals surface area contributed by atoms with Crippen LogP contribution in [0.4, 0.5) is 0 Å². The van der Waals surface area contributed by atoms with E-state index in [2.05, 4.69) is 5.10 Å². The minimum absolute atomic E-state index is 0.152. The van der Waals surface area contributed by atoms with Crippen molar-refractivity contribution in [2.75, 3.05) is 0 Å². The summed E-state index contributed by atoms with van der Waals surface area (Å²) >= 11 is 6.19. The van der Waals surface area contributed by atoms with Gasteiger partial charge in [-0.05, 0) is 25.1 Å². The predicted octanol–water partition coefficient (Wildman–Crippen LogP) is 2.39. The van der Waals surface area contributed by atoms with Gasteiger partial charge in [0, 0.05) is 5.56 Å². The summed E-state index contributed by atoms with van der Waals surface area (Å²) in [5.74, 6) is -3.07. The van der Waals surface area contributed by atoms with Gasteiger partial charge in [-0.25, -0.2) is 14.3 Å². The standard InChI is InChI=1S/C14H11ClN2O4/c1-8-10(7-11(13(18)19)14(20)21)12(15)17(16-8)9-5-3-2-4-6-9/h2-7H,1H3,(H,18,19)(H,20,21). The molecule has 0 saturated carbocycles. The first-order valence-electron chi connectivity index (χ1n) is 5.90. The first-order chi connectivity index (χ1) is 9.91. The van der Waals surface area contributed by atoms with Crippen molar-refractivity contribution in [1.82, 2.24) is 9.78 Å². The number of nitrogens with zero attached hydrogens (tertiary/aromatic N) is 2. The van der Waals surface area contributed by atoms with E-state index in [9.17, 15) is 9.59 Å². The molecule has 0 aliphatic carbocycles. The Kier molecular flexibility index (Phi) is 4.09. The Morgan fingerprint density at radius 3 is 2.29 bits per heavy atom. The van der Waals surface area contributed by atoms with E-state index in [-0.39, 0.29) is 10.7 Å². The topological polar surface area (TPSA) is 92.4 Å². The SMILES string of the molecule is Cc1nn(-c2ccccc2)c(Cl)c1C=C(C(=O)O)C(=O)O. The number of aryl methyl sites for hydroxylation is 1. The third kappa shape index (κ3) is 2.95. The number of carboxylic acid groups (broad SMARTS) is 2. The maximum absolute atomic E-state index is 10.9. The number of hydrogen-bond acceptors (Lipinski definition) is 3. The zero-order chi connectivity index (χ0) is 15.6. The monoisotopic (exact) mass is 306 g/mol. The van der Waals surface area contributed by atoms with Crippen LogP contribution in [0.15, 0.2) is 35.9 Å². The molecule has 0 spiro atoms. The quantitative estimate of drug-likeness (QED) is 0.514. The third-order valence-electron chi connectivity index (χ3n) is 2.80. The van der Waals surface area contributed by atoms with Crippen LogP contribution in [0.3, 0.4) is 0 Å². The number of aromatic nitrogens is 2. The molecule has 21 heavy (non-hydrogen) atoms. The molecule has 0 saturated heterocycles. The minimum Gasteiger partial charge on any atom is -0.477 e. The van der Waals surface area contributed by atoms with Crippen LogP contribution in [0.1, 0.15) is 11.3 Å². The van der Waals surface area contributed by atoms with Crippen LogP contribution in [0.2, 0.25) is 5.15 Å². The maximum Gasteiger partial charge on any atom is 0.343 e. The third-order valence-corrected chi connectivity index (χ3v) is 3.16. The molecule has 7 heteroatoms. The van der Waals surface area contributed by atoms with Gasteiger partial charge in [0.1, 0.15) is 10.7 Å². The van der Waals surface area contributed by atoms with Gasteiger partial charge in [-0.15, -0.1) is 0 Å². The lowest BCUT2D eigenvalue weighted by Crippen LogP contribution is -2.10. The molecule has 0 unspecified atom stereocenters. The van der Waals surface area contributed by atoms with Gasteiger partial charge in [0.15, 0.2) is 0 Å². The van der Waals surface area contributed by atoms with Crippen LogP contribution in [0, 0.1) is 6.92 Å². The molecule has 6 nitrogen and oxygen atoms in total. The van der Waals surface area contributed by atoms with E-state index in [1.807, 2.05) is 6.07 Å². The molecule has 2 N–H and O–H groups in total. The van der Waals surface area contributed by atoms with Gasteiger partial charge in [0.25, 0.3) is 0 Å². The normalized spacial score (nSPS) is 10.2. The van der Waals surface area contributed by atoms with Gasteiger partial charge in [-0.2, -0.15) is 5.10 Å². The smallest absolute Gasteiger partial charge is 0.343 e. The van der Waals surface area contributed by atoms with Gasteiger partial charge < -0.3 is 10.2 Å². The first kappa shape index (κ1) is 14.8. The summed E-state index contributed by atoms with van der Waals surface area (Å²) in [4.78, 5) is 21.9. The van der Waals surface area contributed by atoms with Crippen molar-refractivity contribution in [3.05, 3.63) is 52.3 Å². The Morgan fingerprint density at radius 1 is 1.19 bits per heavy atom. The lowest BCUT2D eigenvalue weighted by atomic mass is 10.1. The van der Waals surface area contributed by atoms with Crippen LogP contribution in [-0.4, -0.2) is 31.9 Å². The number of hydrogen-bond donors (Lipinski definition) is 2. The molecule has 0 bridgehead atoms. The van der Waals surface area contributed by atoms with Crippen molar-refractivity contribution < 1.29 is 19.8 Å². The molecule has 1 aromatic carbocycles. The minimum atomic E-state index is -1.54. The Balaban J connectivity index is 2.57. The summed E-state index contributed by atoms with van der Waals surface area (Å²) in [5, 5.41) is 22.1. The number of benzene rings is 1. The van der Waals surface area contributed by atoms with Gasteiger partial charge in [0.2, 0.25) is 0 Å². The molecule has 0 aliphatic rings. The number of para-hydroxylation sites is 1. The van der Waals surface area contributed by atoms with Crippen molar-refractivity contribution in [3.63, 3.8) is 0 Å². The zero-order valence-corrected chi connectivity index (χ0v) is 11.7. The summed E-state index contributed by atoms with van der Waals surface area (Å²) in [5.41, 5.74) is 0.620. The highest BCUT2D eigenvalue weighted by Gasteiger charge is 2.20. The van der Waals surface area contributed by atoms with Crippen molar-refractivity contribution in [2.24, 2.45) is 0 Å². The second-order valence-electron chi connectivity index (χ2n) is 4.21. The Labute approximate surface area is 124 Å². The van der Waals surface area contributed by atoms with Gasteiger partial charge in [-0.1, -0.05) is 29.8 Å². The number of carboxylic acids is 2. The largest absolute Gasteiger partial charge is 0.477 e. The van der Waals surface area contributed by atoms with E-state index < -0.39 is 17.5 Å². The molecule has 1 aromatic heterocycles. The lowest BCUT2D eigenvalue weighted by Gasteiger charge is -2.02. The molecule has 0 amide bonds. The fourth-order valence-electron chi connectivity index (χ4n) is 1.77. The van der Waals surface area contributed by atoms with E-state index >= 15 is 0 Å². The maximum atomic E-state index is 10.9. The van der Waals surface area contributed by atoms with E-state index in [1.54, 1.807) is 31.2 Å². The Morgan fingerprint density at radius 2 is 1.76 bits per heavy atom. The van der Waals surface area contributed by atoms with Crippen LogP contribution in [-0.2, 0) is 9.59 Å². The highest BCUT2D eigenvalue weighted by atomic mass is 35.5. The lowest BCUT2D eigenvalue weighted by molar-refractivity contribution is -0.139. The zero-order valence-electron chi connectivity index (χ0n) is 10.9. The van der Waals surface area contributed by atoms with Gasteiger partial charge >= 0.3 is 11.9 Å². The van der Waals surface area contributed by atoms with Crippen LogP contribution >= 0.6 is 11.6 Å². The molecule has 0 atom stereocenters. The summed E-state index contributed by atoms with van der Waals surface area (Å²) < 4.78 is 1.42. The van der Waals surface area contributed by atoms with Crippen molar-refractivity contribution in [1.29, 1.82) is 0 Å². The average molecular weight is 307 g/mol. The Bertz CT molecular complexity index is 719. The molecule has 0 radical (unpaired) electrons. The second kappa shape index (κ2) is 5.80. The summed E-state index contributed by atoms with van der Waals surface area (Å²) in [6.07, 6.45) is 1.01. The van der Waals surface area contributed by atoms with Gasteiger partial charge in [0.05, 0.1) is 11.4 Å². The molecule has 108 valence electrons. The molecule has 0 fully saturated rings. The van der Waals surface area contributed by atoms with Crippen LogP contribution in [0.5, 0.6) is 0 Å². The van der Waals surface area contributed by atoms with Crippen molar-refractivity contribution in [3.8, 4) is 5.69 Å². The molecular formula is C14H11ClN2O4. The van der Waals surface area contributed by atoms with E-state index in [1.165, 1.54) is 4.68 Å². The van der Waals surface area contributed by atoms with Gasteiger partial charge in [-0.3, -0.25) is 0 Å². The fourth-order valence-corrected chi connectivity index (χ4v) is 2.10. The first-order valence-corrected chi connectivity index (χ1v) is 6.28. The van der Waals surface area contributed by atoms with E-state index in [4.69, 9.17) is 21.8 Å². The molecule has 2 rings (SSSR count). The van der Waals surface area contributed by atoms with E-state index in [0.717, 1.165) is 6.08 Å². The highest BCUT2D eigenvalue weighted by molar-refractivity contribution is 6.32. The molecule has 0 aliphatic heterocycles. The Hall–Kier alpha value is -2.60. The summed E-state index contributed by atoms with van der Waals surface area (Å²) in [7, 11) is 0. The van der Waals surface area contributed by atoms with Crippen molar-refractivity contribution >= 4 is 29.6 Å². The average Bonchev–Trinajstić information content (AvgIpc) is 2.72. The summed E-state index contributed by atoms with van der Waals surface area (Å²) in [6.45, 7) is 1.62. The number of aliphatic carboxylic acids is 2.